The quantitative estimate of drug-likeness (QED) is 0.773. The number of aryl methyl sites for hydroxylation is 3. The van der Waals surface area contributed by atoms with E-state index in [9.17, 15) is 0 Å². The van der Waals surface area contributed by atoms with Gasteiger partial charge in [-0.2, -0.15) is 5.10 Å². The summed E-state index contributed by atoms with van der Waals surface area (Å²) in [6.07, 6.45) is 1.97. The number of nitrogens with zero attached hydrogens (tertiary/aromatic N) is 4. The molecule has 0 aliphatic carbocycles. The number of aromatic nitrogens is 4. The molecule has 6 heteroatoms. The molecule has 3 rings (SSSR count). The second-order valence-electron chi connectivity index (χ2n) is 4.87. The van der Waals surface area contributed by atoms with Crippen LogP contribution in [0.3, 0.4) is 0 Å². The van der Waals surface area contributed by atoms with Gasteiger partial charge in [0.1, 0.15) is 17.2 Å². The van der Waals surface area contributed by atoms with Gasteiger partial charge in [0.25, 0.3) is 0 Å². The van der Waals surface area contributed by atoms with Crippen LogP contribution in [-0.4, -0.2) is 26.3 Å². The molecular weight excluding hydrogens is 254 g/mol. The molecule has 0 amide bonds. The Kier molecular flexibility index (Phi) is 2.67. The Morgan fingerprint density at radius 1 is 1.25 bits per heavy atom. The number of methoxy groups -OCH3 is 1. The van der Waals surface area contributed by atoms with Crippen LogP contribution in [0.2, 0.25) is 0 Å². The first-order valence-electron chi connectivity index (χ1n) is 6.35. The molecule has 0 unspecified atom stereocenters. The molecule has 3 aromatic heterocycles. The fraction of sp³-hybridized carbons (Fsp3) is 0.286. The molecule has 6 nitrogen and oxygen atoms in total. The molecule has 0 aliphatic heterocycles. The predicted octanol–water partition coefficient (Wildman–Crippen LogP) is 1.94. The highest BCUT2D eigenvalue weighted by molar-refractivity contribution is 5.79. The summed E-state index contributed by atoms with van der Waals surface area (Å²) >= 11 is 0. The summed E-state index contributed by atoms with van der Waals surface area (Å²) in [5.41, 5.74) is 10.6. The zero-order valence-electron chi connectivity index (χ0n) is 12.0. The molecule has 0 atom stereocenters. The fourth-order valence-corrected chi connectivity index (χ4v) is 2.50. The van der Waals surface area contributed by atoms with Crippen molar-refractivity contribution in [2.45, 2.75) is 13.8 Å². The molecule has 3 aromatic rings. The largest absolute Gasteiger partial charge is 0.481 e. The van der Waals surface area contributed by atoms with Gasteiger partial charge in [0.2, 0.25) is 5.88 Å². The number of imidazole rings is 1. The lowest BCUT2D eigenvalue weighted by atomic mass is 10.2. The van der Waals surface area contributed by atoms with Gasteiger partial charge >= 0.3 is 0 Å². The normalized spacial score (nSPS) is 11.2. The smallest absolute Gasteiger partial charge is 0.221 e. The lowest BCUT2D eigenvalue weighted by molar-refractivity contribution is 0.374. The van der Waals surface area contributed by atoms with Gasteiger partial charge in [-0.05, 0) is 25.5 Å². The van der Waals surface area contributed by atoms with E-state index in [0.717, 1.165) is 22.5 Å². The lowest BCUT2D eigenvalue weighted by Crippen LogP contribution is -1.97. The van der Waals surface area contributed by atoms with E-state index in [1.165, 1.54) is 0 Å². The predicted molar refractivity (Wildman–Crippen MR) is 77.8 cm³/mol. The summed E-state index contributed by atoms with van der Waals surface area (Å²) in [6, 6.07) is 3.96. The number of hydrogen-bond acceptors (Lipinski definition) is 4. The van der Waals surface area contributed by atoms with Crippen LogP contribution in [0.15, 0.2) is 18.3 Å². The van der Waals surface area contributed by atoms with Crippen LogP contribution in [0.5, 0.6) is 5.88 Å². The van der Waals surface area contributed by atoms with E-state index < -0.39 is 0 Å². The summed E-state index contributed by atoms with van der Waals surface area (Å²) in [6.45, 7) is 3.95. The van der Waals surface area contributed by atoms with Crippen LogP contribution < -0.4 is 10.5 Å². The average Bonchev–Trinajstić information content (AvgIpc) is 2.87. The summed E-state index contributed by atoms with van der Waals surface area (Å²) in [5.74, 6) is 1.26. The van der Waals surface area contributed by atoms with Crippen LogP contribution in [-0.2, 0) is 7.05 Å². The van der Waals surface area contributed by atoms with Crippen molar-refractivity contribution in [2.75, 3.05) is 12.8 Å². The summed E-state index contributed by atoms with van der Waals surface area (Å²) in [5, 5.41) is 4.37. The monoisotopic (exact) mass is 271 g/mol. The number of pyridine rings is 1. The Bertz CT molecular complexity index is 800. The maximum absolute atomic E-state index is 6.25. The topological polar surface area (TPSA) is 70.4 Å². The number of hydrogen-bond donors (Lipinski definition) is 1. The second-order valence-corrected chi connectivity index (χ2v) is 4.87. The minimum atomic E-state index is 0.595. The van der Waals surface area contributed by atoms with Crippen molar-refractivity contribution in [3.63, 3.8) is 0 Å². The van der Waals surface area contributed by atoms with Crippen LogP contribution in [0.4, 0.5) is 5.82 Å². The van der Waals surface area contributed by atoms with Gasteiger partial charge < -0.3 is 10.5 Å². The van der Waals surface area contributed by atoms with E-state index in [2.05, 4.69) is 10.1 Å². The first kappa shape index (κ1) is 12.5. The number of nitrogens with two attached hydrogens (primary N) is 1. The highest BCUT2D eigenvalue weighted by Gasteiger charge is 2.22. The average molecular weight is 271 g/mol. The Hall–Kier alpha value is -2.50. The van der Waals surface area contributed by atoms with Gasteiger partial charge in [0.15, 0.2) is 0 Å². The molecule has 0 spiro atoms. The maximum Gasteiger partial charge on any atom is 0.221 e. The Labute approximate surface area is 116 Å². The van der Waals surface area contributed by atoms with Crippen molar-refractivity contribution in [3.05, 3.63) is 29.6 Å². The number of nitrogen functional groups attached to an aromatic ring is 1. The molecule has 0 aliphatic rings. The Morgan fingerprint density at radius 2 is 2.00 bits per heavy atom. The molecule has 3 heterocycles. The first-order chi connectivity index (χ1) is 9.52. The number of fused-ring (bicyclic) bond motifs is 1. The van der Waals surface area contributed by atoms with Gasteiger partial charge in [0, 0.05) is 13.2 Å². The molecule has 0 saturated heterocycles. The number of ether oxygens (including phenoxy) is 1. The Morgan fingerprint density at radius 3 is 2.70 bits per heavy atom. The van der Waals surface area contributed by atoms with Gasteiger partial charge in [-0.3, -0.25) is 4.40 Å². The summed E-state index contributed by atoms with van der Waals surface area (Å²) < 4.78 is 9.00. The zero-order chi connectivity index (χ0) is 14.4. The SMILES string of the molecule is COc1c(-c2nc3ccc(C)cn3c2N)c(C)nn1C. The van der Waals surface area contributed by atoms with E-state index in [1.54, 1.807) is 11.8 Å². The third-order valence-corrected chi connectivity index (χ3v) is 3.40. The molecule has 0 fully saturated rings. The lowest BCUT2D eigenvalue weighted by Gasteiger charge is -2.03. The third kappa shape index (κ3) is 1.65. The Balaban J connectivity index is 2.33. The van der Waals surface area contributed by atoms with E-state index >= 15 is 0 Å². The van der Waals surface area contributed by atoms with Gasteiger partial charge in [-0.25, -0.2) is 9.67 Å². The van der Waals surface area contributed by atoms with Crippen molar-refractivity contribution in [1.82, 2.24) is 19.2 Å². The standard InChI is InChI=1S/C14H17N5O/c1-8-5-6-10-16-12(13(15)19(10)7-8)11-9(2)17-18(3)14(11)20-4/h5-7H,15H2,1-4H3. The van der Waals surface area contributed by atoms with E-state index in [1.807, 2.05) is 43.6 Å². The van der Waals surface area contributed by atoms with Crippen molar-refractivity contribution in [3.8, 4) is 17.1 Å². The van der Waals surface area contributed by atoms with Crippen molar-refractivity contribution < 1.29 is 4.74 Å². The highest BCUT2D eigenvalue weighted by Crippen LogP contribution is 2.35. The fourth-order valence-electron chi connectivity index (χ4n) is 2.50. The summed E-state index contributed by atoms with van der Waals surface area (Å²) in [7, 11) is 3.46. The molecule has 0 aromatic carbocycles. The maximum atomic E-state index is 6.25. The van der Waals surface area contributed by atoms with E-state index in [4.69, 9.17) is 10.5 Å². The zero-order valence-corrected chi connectivity index (χ0v) is 12.0. The molecule has 0 bridgehead atoms. The van der Waals surface area contributed by atoms with E-state index in [0.29, 0.717) is 17.4 Å². The molecule has 104 valence electrons. The van der Waals surface area contributed by atoms with Crippen molar-refractivity contribution >= 4 is 11.5 Å². The molecule has 20 heavy (non-hydrogen) atoms. The number of rotatable bonds is 2. The molecule has 0 saturated carbocycles. The van der Waals surface area contributed by atoms with Crippen LogP contribution in [0.1, 0.15) is 11.3 Å². The van der Waals surface area contributed by atoms with Gasteiger partial charge in [0.05, 0.1) is 18.4 Å². The third-order valence-electron chi connectivity index (χ3n) is 3.40. The minimum Gasteiger partial charge on any atom is -0.481 e. The van der Waals surface area contributed by atoms with Crippen molar-refractivity contribution in [1.29, 1.82) is 0 Å². The molecule has 0 radical (unpaired) electrons. The van der Waals surface area contributed by atoms with Crippen LogP contribution in [0.25, 0.3) is 16.9 Å². The van der Waals surface area contributed by atoms with Crippen LogP contribution in [0, 0.1) is 13.8 Å². The number of anilines is 1. The minimum absolute atomic E-state index is 0.595. The molecular formula is C14H17N5O. The van der Waals surface area contributed by atoms with Crippen LogP contribution >= 0.6 is 0 Å². The molecule has 2 N–H and O–H groups in total. The first-order valence-corrected chi connectivity index (χ1v) is 6.35. The second kappa shape index (κ2) is 4.26. The summed E-state index contributed by atoms with van der Waals surface area (Å²) in [4.78, 5) is 4.61. The van der Waals surface area contributed by atoms with Gasteiger partial charge in [-0.1, -0.05) is 6.07 Å². The van der Waals surface area contributed by atoms with Gasteiger partial charge in [-0.15, -0.1) is 0 Å². The van der Waals surface area contributed by atoms with E-state index in [-0.39, 0.29) is 0 Å². The van der Waals surface area contributed by atoms with Crippen molar-refractivity contribution in [2.24, 2.45) is 7.05 Å². The highest BCUT2D eigenvalue weighted by atomic mass is 16.5.